The van der Waals surface area contributed by atoms with Gasteiger partial charge in [-0.25, -0.2) is 4.98 Å². The maximum absolute atomic E-state index is 12.6. The highest BCUT2D eigenvalue weighted by Crippen LogP contribution is 2.35. The number of carbonyl (C=O) groups is 1. The second-order valence-electron chi connectivity index (χ2n) is 6.54. The first-order valence-corrected chi connectivity index (χ1v) is 9.60. The average Bonchev–Trinajstić information content (AvgIpc) is 3.23. The Bertz CT molecular complexity index is 1110. The van der Waals surface area contributed by atoms with Crippen LogP contribution in [0.5, 0.6) is 5.75 Å². The highest BCUT2D eigenvalue weighted by atomic mass is 32.1. The van der Waals surface area contributed by atoms with E-state index in [9.17, 15) is 4.79 Å². The fourth-order valence-electron chi connectivity index (χ4n) is 3.12. The zero-order chi connectivity index (χ0) is 19.0. The minimum absolute atomic E-state index is 0.00615. The highest BCUT2D eigenvalue weighted by Gasteiger charge is 2.16. The van der Waals surface area contributed by atoms with Gasteiger partial charge in [0.25, 0.3) is 0 Å². The molecule has 4 nitrogen and oxygen atoms in total. The predicted octanol–water partition coefficient (Wildman–Crippen LogP) is 5.18. The molecule has 0 saturated heterocycles. The SMILES string of the molecule is Cc1cc(C(=O)COc2ccccc2-c2nc3ccccc3s2)c(C)n1C. The van der Waals surface area contributed by atoms with Gasteiger partial charge in [-0.3, -0.25) is 4.79 Å². The molecule has 0 amide bonds. The van der Waals surface area contributed by atoms with E-state index in [2.05, 4.69) is 6.07 Å². The van der Waals surface area contributed by atoms with Gasteiger partial charge in [-0.2, -0.15) is 0 Å². The topological polar surface area (TPSA) is 44.1 Å². The number of ether oxygens (including phenoxy) is 1. The van der Waals surface area contributed by atoms with Gasteiger partial charge in [0, 0.05) is 24.0 Å². The van der Waals surface area contributed by atoms with E-state index in [4.69, 9.17) is 9.72 Å². The van der Waals surface area contributed by atoms with E-state index in [1.54, 1.807) is 11.3 Å². The Morgan fingerprint density at radius 2 is 1.85 bits per heavy atom. The first-order valence-electron chi connectivity index (χ1n) is 8.78. The van der Waals surface area contributed by atoms with Crippen molar-refractivity contribution in [3.8, 4) is 16.3 Å². The first-order chi connectivity index (χ1) is 13.0. The number of thiazole rings is 1. The molecule has 0 atom stereocenters. The van der Waals surface area contributed by atoms with Crippen molar-refractivity contribution in [2.24, 2.45) is 7.05 Å². The molecule has 136 valence electrons. The second-order valence-corrected chi connectivity index (χ2v) is 7.57. The molecule has 2 heterocycles. The summed E-state index contributed by atoms with van der Waals surface area (Å²) in [4.78, 5) is 17.3. The van der Waals surface area contributed by atoms with E-state index in [1.165, 1.54) is 0 Å². The summed E-state index contributed by atoms with van der Waals surface area (Å²) in [5.74, 6) is 0.658. The summed E-state index contributed by atoms with van der Waals surface area (Å²) >= 11 is 1.62. The summed E-state index contributed by atoms with van der Waals surface area (Å²) < 4.78 is 9.07. The molecule has 2 aromatic heterocycles. The largest absolute Gasteiger partial charge is 0.485 e. The number of rotatable bonds is 5. The van der Waals surface area contributed by atoms with Crippen LogP contribution in [0, 0.1) is 13.8 Å². The van der Waals surface area contributed by atoms with Crippen LogP contribution in [0.4, 0.5) is 0 Å². The Labute approximate surface area is 162 Å². The smallest absolute Gasteiger partial charge is 0.202 e. The Hall–Kier alpha value is -2.92. The van der Waals surface area contributed by atoms with Crippen molar-refractivity contribution in [2.75, 3.05) is 6.61 Å². The molecule has 0 spiro atoms. The minimum atomic E-state index is -0.0182. The highest BCUT2D eigenvalue weighted by molar-refractivity contribution is 7.21. The Balaban J connectivity index is 1.60. The van der Waals surface area contributed by atoms with Gasteiger partial charge in [-0.1, -0.05) is 24.3 Å². The van der Waals surface area contributed by atoms with E-state index < -0.39 is 0 Å². The van der Waals surface area contributed by atoms with Crippen molar-refractivity contribution >= 4 is 27.3 Å². The maximum atomic E-state index is 12.6. The summed E-state index contributed by atoms with van der Waals surface area (Å²) in [7, 11) is 1.96. The van der Waals surface area contributed by atoms with Crippen molar-refractivity contribution in [1.82, 2.24) is 9.55 Å². The number of nitrogens with zero attached hydrogens (tertiary/aromatic N) is 2. The van der Waals surface area contributed by atoms with Crippen LogP contribution < -0.4 is 4.74 Å². The van der Waals surface area contributed by atoms with E-state index in [0.29, 0.717) is 11.3 Å². The zero-order valence-electron chi connectivity index (χ0n) is 15.5. The fourth-order valence-corrected chi connectivity index (χ4v) is 4.11. The molecule has 2 aromatic carbocycles. The molecule has 4 rings (SSSR count). The number of aryl methyl sites for hydroxylation is 1. The van der Waals surface area contributed by atoms with Crippen LogP contribution in [0.25, 0.3) is 20.8 Å². The third-order valence-electron chi connectivity index (χ3n) is 4.85. The minimum Gasteiger partial charge on any atom is -0.485 e. The van der Waals surface area contributed by atoms with Crippen LogP contribution in [0.2, 0.25) is 0 Å². The number of aromatic nitrogens is 2. The molecule has 0 fully saturated rings. The lowest BCUT2D eigenvalue weighted by molar-refractivity contribution is 0.0921. The molecular weight excluding hydrogens is 356 g/mol. The van der Waals surface area contributed by atoms with Gasteiger partial charge in [0.1, 0.15) is 10.8 Å². The first kappa shape index (κ1) is 17.5. The number of ketones is 1. The standard InChI is InChI=1S/C22H20N2O2S/c1-14-12-17(15(2)24(14)3)19(25)13-26-20-10-6-4-8-16(20)22-23-18-9-5-7-11-21(18)27-22/h4-12H,13H2,1-3H3. The third kappa shape index (κ3) is 3.26. The lowest BCUT2D eigenvalue weighted by Crippen LogP contribution is -2.13. The molecule has 0 aliphatic rings. The van der Waals surface area contributed by atoms with Gasteiger partial charge in [0.15, 0.2) is 6.61 Å². The molecule has 27 heavy (non-hydrogen) atoms. The van der Waals surface area contributed by atoms with Crippen molar-refractivity contribution in [3.63, 3.8) is 0 Å². The number of carbonyl (C=O) groups excluding carboxylic acids is 1. The van der Waals surface area contributed by atoms with Crippen LogP contribution in [0.3, 0.4) is 0 Å². The third-order valence-corrected chi connectivity index (χ3v) is 5.92. The summed E-state index contributed by atoms with van der Waals surface area (Å²) in [5, 5.41) is 0.894. The molecule has 0 unspecified atom stereocenters. The summed E-state index contributed by atoms with van der Waals surface area (Å²) in [6.45, 7) is 3.95. The normalized spacial score (nSPS) is 11.1. The number of hydrogen-bond acceptors (Lipinski definition) is 4. The van der Waals surface area contributed by atoms with Gasteiger partial charge in [-0.05, 0) is 44.2 Å². The van der Waals surface area contributed by atoms with Gasteiger partial charge >= 0.3 is 0 Å². The van der Waals surface area contributed by atoms with Crippen molar-refractivity contribution in [1.29, 1.82) is 0 Å². The molecule has 5 heteroatoms. The molecule has 0 aliphatic carbocycles. The van der Waals surface area contributed by atoms with Crippen LogP contribution in [0.15, 0.2) is 54.6 Å². The van der Waals surface area contributed by atoms with Gasteiger partial charge in [0.2, 0.25) is 5.78 Å². The Kier molecular flexibility index (Phi) is 4.54. The summed E-state index contributed by atoms with van der Waals surface area (Å²) in [6.07, 6.45) is 0. The van der Waals surface area contributed by atoms with E-state index in [0.717, 1.165) is 32.2 Å². The van der Waals surface area contributed by atoms with Gasteiger partial charge < -0.3 is 9.30 Å². The maximum Gasteiger partial charge on any atom is 0.202 e. The number of benzene rings is 2. The molecule has 0 bridgehead atoms. The summed E-state index contributed by atoms with van der Waals surface area (Å²) in [6, 6.07) is 17.7. The van der Waals surface area contributed by atoms with Crippen LogP contribution in [-0.4, -0.2) is 21.9 Å². The predicted molar refractivity (Wildman–Crippen MR) is 110 cm³/mol. The quantitative estimate of drug-likeness (QED) is 0.451. The van der Waals surface area contributed by atoms with Gasteiger partial charge in [0.05, 0.1) is 15.8 Å². The van der Waals surface area contributed by atoms with E-state index in [-0.39, 0.29) is 12.4 Å². The molecule has 0 N–H and O–H groups in total. The number of fused-ring (bicyclic) bond motifs is 1. The average molecular weight is 376 g/mol. The lowest BCUT2D eigenvalue weighted by Gasteiger charge is -2.09. The molecule has 0 aliphatic heterocycles. The van der Waals surface area contributed by atoms with E-state index >= 15 is 0 Å². The molecule has 4 aromatic rings. The van der Waals surface area contributed by atoms with E-state index in [1.807, 2.05) is 74.0 Å². The van der Waals surface area contributed by atoms with Crippen LogP contribution >= 0.6 is 11.3 Å². The monoisotopic (exact) mass is 376 g/mol. The van der Waals surface area contributed by atoms with Crippen molar-refractivity contribution in [3.05, 3.63) is 71.5 Å². The molecule has 0 radical (unpaired) electrons. The van der Waals surface area contributed by atoms with Crippen LogP contribution in [-0.2, 0) is 7.05 Å². The Morgan fingerprint density at radius 1 is 1.11 bits per heavy atom. The lowest BCUT2D eigenvalue weighted by atomic mass is 10.1. The van der Waals surface area contributed by atoms with Crippen molar-refractivity contribution < 1.29 is 9.53 Å². The Morgan fingerprint density at radius 3 is 2.59 bits per heavy atom. The zero-order valence-corrected chi connectivity index (χ0v) is 16.3. The van der Waals surface area contributed by atoms with Gasteiger partial charge in [-0.15, -0.1) is 11.3 Å². The second kappa shape index (κ2) is 7.00. The number of para-hydroxylation sites is 2. The molecule has 0 saturated carbocycles. The number of Topliss-reactive ketones (excluding diaryl/α,β-unsaturated/α-hetero) is 1. The fraction of sp³-hybridized carbons (Fsp3) is 0.182. The summed E-state index contributed by atoms with van der Waals surface area (Å²) in [5.41, 5.74) is 4.62. The van der Waals surface area contributed by atoms with Crippen LogP contribution in [0.1, 0.15) is 21.7 Å². The molecular formula is C22H20N2O2S. The number of hydrogen-bond donors (Lipinski definition) is 0. The van der Waals surface area contributed by atoms with Crippen molar-refractivity contribution in [2.45, 2.75) is 13.8 Å².